The number of hydrogen-bond acceptors (Lipinski definition) is 5. The highest BCUT2D eigenvalue weighted by Gasteiger charge is 2.14. The van der Waals surface area contributed by atoms with Crippen molar-refractivity contribution in [3.8, 4) is 11.3 Å². The molecule has 0 radical (unpaired) electrons. The second-order valence-corrected chi connectivity index (χ2v) is 7.06. The van der Waals surface area contributed by atoms with Gasteiger partial charge in [-0.25, -0.2) is 13.8 Å². The Morgan fingerprint density at radius 2 is 1.76 bits per heavy atom. The number of anilines is 2. The molecule has 9 heteroatoms. The molecule has 2 amide bonds. The van der Waals surface area contributed by atoms with E-state index in [0.29, 0.717) is 16.9 Å². The number of carbonyl (C=O) groups is 2. The third-order valence-corrected chi connectivity index (χ3v) is 4.66. The van der Waals surface area contributed by atoms with Crippen molar-refractivity contribution in [3.05, 3.63) is 96.3 Å². The third kappa shape index (κ3) is 5.65. The Balaban J connectivity index is 1.33. The zero-order chi connectivity index (χ0) is 23.2. The molecule has 166 valence electrons. The Hall–Kier alpha value is -4.40. The first kappa shape index (κ1) is 21.8. The molecule has 4 rings (SSSR count). The number of nitrogens with one attached hydrogen (secondary N) is 2. The molecule has 0 saturated carbocycles. The van der Waals surface area contributed by atoms with Crippen molar-refractivity contribution in [2.45, 2.75) is 12.8 Å². The van der Waals surface area contributed by atoms with E-state index in [2.05, 4.69) is 20.6 Å². The predicted octanol–water partition coefficient (Wildman–Crippen LogP) is 4.84. The van der Waals surface area contributed by atoms with E-state index in [9.17, 15) is 18.4 Å². The first-order valence-electron chi connectivity index (χ1n) is 9.99. The van der Waals surface area contributed by atoms with Gasteiger partial charge in [0.15, 0.2) is 11.7 Å². The minimum Gasteiger partial charge on any atom is -0.441 e. The van der Waals surface area contributed by atoms with E-state index in [0.717, 1.165) is 12.1 Å². The molecule has 0 spiro atoms. The van der Waals surface area contributed by atoms with E-state index in [1.165, 1.54) is 12.3 Å². The minimum absolute atomic E-state index is 0.0549. The number of carbonyl (C=O) groups excluding carboxylic acids is 2. The number of pyridine rings is 1. The molecule has 4 aromatic rings. The predicted molar refractivity (Wildman–Crippen MR) is 117 cm³/mol. The molecule has 7 nitrogen and oxygen atoms in total. The van der Waals surface area contributed by atoms with Gasteiger partial charge in [0.2, 0.25) is 5.91 Å². The Kier molecular flexibility index (Phi) is 6.49. The molecule has 2 N–H and O–H groups in total. The molecule has 0 saturated heterocycles. The fourth-order valence-corrected chi connectivity index (χ4v) is 3.06. The van der Waals surface area contributed by atoms with Crippen molar-refractivity contribution in [2.24, 2.45) is 0 Å². The Morgan fingerprint density at radius 1 is 0.939 bits per heavy atom. The smallest absolute Gasteiger partial charge is 0.255 e. The van der Waals surface area contributed by atoms with Crippen LogP contribution < -0.4 is 10.6 Å². The number of benzene rings is 2. The summed E-state index contributed by atoms with van der Waals surface area (Å²) >= 11 is 0. The van der Waals surface area contributed by atoms with Crippen LogP contribution in [0, 0.1) is 11.6 Å². The molecule has 0 fully saturated rings. The highest BCUT2D eigenvalue weighted by Crippen LogP contribution is 2.24. The number of nitrogens with zero attached hydrogens (tertiary/aromatic N) is 2. The summed E-state index contributed by atoms with van der Waals surface area (Å²) in [4.78, 5) is 32.7. The number of halogens is 2. The van der Waals surface area contributed by atoms with E-state index in [4.69, 9.17) is 4.42 Å². The monoisotopic (exact) mass is 448 g/mol. The lowest BCUT2D eigenvalue weighted by molar-refractivity contribution is -0.116. The lowest BCUT2D eigenvalue weighted by Gasteiger charge is -2.08. The Labute approximate surface area is 187 Å². The lowest BCUT2D eigenvalue weighted by atomic mass is 10.1. The van der Waals surface area contributed by atoms with Gasteiger partial charge < -0.3 is 15.1 Å². The van der Waals surface area contributed by atoms with Crippen LogP contribution >= 0.6 is 0 Å². The van der Waals surface area contributed by atoms with Gasteiger partial charge in [0.05, 0.1) is 11.8 Å². The number of aromatic nitrogens is 2. The first-order chi connectivity index (χ1) is 16.0. The zero-order valence-electron chi connectivity index (χ0n) is 17.2. The van der Waals surface area contributed by atoms with Gasteiger partial charge in [0, 0.05) is 48.2 Å². The molecule has 0 bridgehead atoms. The van der Waals surface area contributed by atoms with E-state index >= 15 is 0 Å². The van der Waals surface area contributed by atoms with Gasteiger partial charge in [-0.15, -0.1) is 0 Å². The topological polar surface area (TPSA) is 97.1 Å². The zero-order valence-corrected chi connectivity index (χ0v) is 17.2. The first-order valence-corrected chi connectivity index (χ1v) is 9.99. The van der Waals surface area contributed by atoms with Gasteiger partial charge in [0.1, 0.15) is 11.6 Å². The second kappa shape index (κ2) is 9.82. The lowest BCUT2D eigenvalue weighted by Crippen LogP contribution is -2.15. The van der Waals surface area contributed by atoms with Gasteiger partial charge in [-0.3, -0.25) is 14.6 Å². The van der Waals surface area contributed by atoms with Crippen molar-refractivity contribution in [1.29, 1.82) is 0 Å². The summed E-state index contributed by atoms with van der Waals surface area (Å²) in [6.45, 7) is 0. The standard InChI is InChI=1S/C24H18F2N4O3/c25-16-4-5-19(20(26)13-16)21-14-28-23(33-21)7-6-22(31)29-18-3-1-2-15(12-18)24(32)30-17-8-10-27-11-9-17/h1-5,8-14H,6-7H2,(H,29,31)(H,27,30,32). The number of oxazole rings is 1. The largest absolute Gasteiger partial charge is 0.441 e. The maximum atomic E-state index is 13.9. The van der Waals surface area contributed by atoms with Crippen molar-refractivity contribution in [1.82, 2.24) is 9.97 Å². The van der Waals surface area contributed by atoms with E-state index in [1.807, 2.05) is 0 Å². The van der Waals surface area contributed by atoms with E-state index < -0.39 is 11.6 Å². The normalized spacial score (nSPS) is 10.6. The van der Waals surface area contributed by atoms with Crippen LogP contribution in [0.4, 0.5) is 20.2 Å². The summed E-state index contributed by atoms with van der Waals surface area (Å²) in [6, 6.07) is 13.0. The van der Waals surface area contributed by atoms with Crippen LogP contribution in [0.15, 0.2) is 77.6 Å². The van der Waals surface area contributed by atoms with Gasteiger partial charge in [-0.05, 0) is 42.5 Å². The molecular weight excluding hydrogens is 430 g/mol. The minimum atomic E-state index is -0.761. The Morgan fingerprint density at radius 3 is 2.55 bits per heavy atom. The van der Waals surface area contributed by atoms with Crippen molar-refractivity contribution in [3.63, 3.8) is 0 Å². The number of aryl methyl sites for hydroxylation is 1. The van der Waals surface area contributed by atoms with Gasteiger partial charge in [-0.1, -0.05) is 6.07 Å². The van der Waals surface area contributed by atoms with Crippen molar-refractivity contribution >= 4 is 23.2 Å². The molecule has 33 heavy (non-hydrogen) atoms. The summed E-state index contributed by atoms with van der Waals surface area (Å²) in [5.41, 5.74) is 1.53. The highest BCUT2D eigenvalue weighted by atomic mass is 19.1. The van der Waals surface area contributed by atoms with Crippen LogP contribution in [-0.2, 0) is 11.2 Å². The average Bonchev–Trinajstić information content (AvgIpc) is 3.27. The molecule has 0 aliphatic heterocycles. The van der Waals surface area contributed by atoms with Crippen LogP contribution in [-0.4, -0.2) is 21.8 Å². The Bertz CT molecular complexity index is 1290. The second-order valence-electron chi connectivity index (χ2n) is 7.06. The molecule has 2 aromatic heterocycles. The van der Waals surface area contributed by atoms with Gasteiger partial charge in [0.25, 0.3) is 5.91 Å². The quantitative estimate of drug-likeness (QED) is 0.422. The molecule has 0 atom stereocenters. The number of rotatable bonds is 7. The highest BCUT2D eigenvalue weighted by molar-refractivity contribution is 6.05. The van der Waals surface area contributed by atoms with Gasteiger partial charge >= 0.3 is 0 Å². The molecule has 2 aromatic carbocycles. The van der Waals surface area contributed by atoms with E-state index in [-0.39, 0.29) is 41.9 Å². The van der Waals surface area contributed by atoms with Crippen LogP contribution in [0.25, 0.3) is 11.3 Å². The summed E-state index contributed by atoms with van der Waals surface area (Å²) in [7, 11) is 0. The maximum absolute atomic E-state index is 13.9. The molecule has 2 heterocycles. The average molecular weight is 448 g/mol. The summed E-state index contributed by atoms with van der Waals surface area (Å²) in [5.74, 6) is -1.69. The molecule has 0 aliphatic rings. The third-order valence-electron chi connectivity index (χ3n) is 4.66. The summed E-state index contributed by atoms with van der Waals surface area (Å²) in [6.07, 6.45) is 4.70. The van der Waals surface area contributed by atoms with Gasteiger partial charge in [-0.2, -0.15) is 0 Å². The van der Waals surface area contributed by atoms with Crippen LogP contribution in [0.3, 0.4) is 0 Å². The fourth-order valence-electron chi connectivity index (χ4n) is 3.06. The number of hydrogen-bond donors (Lipinski definition) is 2. The van der Waals surface area contributed by atoms with Crippen LogP contribution in [0.1, 0.15) is 22.7 Å². The molecular formula is C24H18F2N4O3. The molecule has 0 aliphatic carbocycles. The summed E-state index contributed by atoms with van der Waals surface area (Å²) in [5, 5.41) is 5.47. The van der Waals surface area contributed by atoms with Crippen LogP contribution in [0.5, 0.6) is 0 Å². The number of amides is 2. The van der Waals surface area contributed by atoms with Crippen molar-refractivity contribution in [2.75, 3.05) is 10.6 Å². The maximum Gasteiger partial charge on any atom is 0.255 e. The van der Waals surface area contributed by atoms with Crippen LogP contribution in [0.2, 0.25) is 0 Å². The van der Waals surface area contributed by atoms with Crippen molar-refractivity contribution < 1.29 is 22.8 Å². The summed E-state index contributed by atoms with van der Waals surface area (Å²) < 4.78 is 32.4. The molecule has 0 unspecified atom stereocenters. The van der Waals surface area contributed by atoms with E-state index in [1.54, 1.807) is 48.8 Å². The fraction of sp³-hybridized carbons (Fsp3) is 0.0833. The SMILES string of the molecule is O=C(CCc1ncc(-c2ccc(F)cc2F)o1)Nc1cccc(C(=O)Nc2ccncc2)c1.